The number of fused-ring (bicyclic) bond motifs is 1. The zero-order valence-electron chi connectivity index (χ0n) is 11.5. The van der Waals surface area contributed by atoms with E-state index < -0.39 is 5.82 Å². The molecule has 0 bridgehead atoms. The number of Topliss-reactive ketones (excluding diaryl/α,β-unsaturated/α-hetero) is 1. The molecule has 21 heavy (non-hydrogen) atoms. The Kier molecular flexibility index (Phi) is 4.04. The van der Waals surface area contributed by atoms with Crippen molar-refractivity contribution in [3.63, 3.8) is 0 Å². The van der Waals surface area contributed by atoms with Gasteiger partial charge in [-0.1, -0.05) is 29.8 Å². The molecule has 2 nitrogen and oxygen atoms in total. The molecule has 0 unspecified atom stereocenters. The van der Waals surface area contributed by atoms with Crippen molar-refractivity contribution >= 4 is 17.4 Å². The van der Waals surface area contributed by atoms with Crippen molar-refractivity contribution in [2.45, 2.75) is 19.4 Å². The van der Waals surface area contributed by atoms with Gasteiger partial charge in [-0.05, 0) is 42.3 Å². The molecule has 0 spiro atoms. The predicted octanol–water partition coefficient (Wildman–Crippen LogP) is 3.55. The van der Waals surface area contributed by atoms with Gasteiger partial charge in [-0.25, -0.2) is 4.39 Å². The molecule has 3 rings (SSSR count). The Morgan fingerprint density at radius 2 is 2.10 bits per heavy atom. The number of carbonyl (C=O) groups excluding carboxylic acids is 1. The van der Waals surface area contributed by atoms with Gasteiger partial charge in [0.2, 0.25) is 0 Å². The second-order valence-corrected chi connectivity index (χ2v) is 5.62. The number of ketones is 1. The largest absolute Gasteiger partial charge is 0.312 e. The van der Waals surface area contributed by atoms with Gasteiger partial charge < -0.3 is 5.32 Å². The Hall–Kier alpha value is -1.71. The Balaban J connectivity index is 1.86. The molecule has 4 heteroatoms. The highest BCUT2D eigenvalue weighted by Gasteiger charge is 2.16. The van der Waals surface area contributed by atoms with Gasteiger partial charge >= 0.3 is 0 Å². The molecule has 1 aliphatic heterocycles. The molecule has 0 aromatic heterocycles. The summed E-state index contributed by atoms with van der Waals surface area (Å²) in [5.74, 6) is -0.550. The van der Waals surface area contributed by atoms with Crippen LogP contribution in [0.3, 0.4) is 0 Å². The van der Waals surface area contributed by atoms with Crippen molar-refractivity contribution in [1.29, 1.82) is 0 Å². The molecule has 2 aromatic carbocycles. The first kappa shape index (κ1) is 14.2. The van der Waals surface area contributed by atoms with Crippen molar-refractivity contribution in [1.82, 2.24) is 5.32 Å². The van der Waals surface area contributed by atoms with Gasteiger partial charge in [0, 0.05) is 29.1 Å². The highest BCUT2D eigenvalue weighted by atomic mass is 35.5. The summed E-state index contributed by atoms with van der Waals surface area (Å²) in [6, 6.07) is 10.2. The van der Waals surface area contributed by atoms with E-state index in [2.05, 4.69) is 5.32 Å². The smallest absolute Gasteiger partial charge is 0.167 e. The molecule has 108 valence electrons. The third-order valence-electron chi connectivity index (χ3n) is 3.81. The highest BCUT2D eigenvalue weighted by Crippen LogP contribution is 2.22. The molecule has 1 heterocycles. The fraction of sp³-hybridized carbons (Fsp3) is 0.235. The summed E-state index contributed by atoms with van der Waals surface area (Å²) in [6.45, 7) is 1.74. The Bertz CT molecular complexity index is 679. The van der Waals surface area contributed by atoms with Crippen LogP contribution in [0.15, 0.2) is 36.4 Å². The lowest BCUT2D eigenvalue weighted by Gasteiger charge is -2.17. The van der Waals surface area contributed by atoms with E-state index in [1.165, 1.54) is 17.7 Å². The number of hydrogen-bond acceptors (Lipinski definition) is 2. The van der Waals surface area contributed by atoms with Crippen molar-refractivity contribution < 1.29 is 9.18 Å². The van der Waals surface area contributed by atoms with Gasteiger partial charge in [0.1, 0.15) is 5.82 Å². The van der Waals surface area contributed by atoms with E-state index in [-0.39, 0.29) is 17.8 Å². The molecule has 0 saturated heterocycles. The van der Waals surface area contributed by atoms with Crippen LogP contribution in [0.1, 0.15) is 27.0 Å². The summed E-state index contributed by atoms with van der Waals surface area (Å²) in [6.07, 6.45) is 0.959. The third kappa shape index (κ3) is 2.99. The Morgan fingerprint density at radius 1 is 1.24 bits per heavy atom. The zero-order valence-corrected chi connectivity index (χ0v) is 12.2. The standard InChI is InChI=1S/C17H15ClFNO/c18-15-2-1-3-16(19)14(15)9-17(21)12-5-4-11-6-7-20-10-13(11)8-12/h1-5,8,20H,6-7,9-10H2. The molecular weight excluding hydrogens is 289 g/mol. The quantitative estimate of drug-likeness (QED) is 0.879. The summed E-state index contributed by atoms with van der Waals surface area (Å²) in [7, 11) is 0. The molecule has 1 aliphatic rings. The fourth-order valence-electron chi connectivity index (χ4n) is 2.62. The van der Waals surface area contributed by atoms with Crippen LogP contribution in [0.2, 0.25) is 5.02 Å². The van der Waals surface area contributed by atoms with Gasteiger partial charge in [-0.3, -0.25) is 4.79 Å². The normalized spacial score (nSPS) is 13.8. The van der Waals surface area contributed by atoms with Crippen LogP contribution in [0.4, 0.5) is 4.39 Å². The molecule has 1 N–H and O–H groups in total. The maximum atomic E-state index is 13.8. The van der Waals surface area contributed by atoms with E-state index in [9.17, 15) is 9.18 Å². The lowest BCUT2D eigenvalue weighted by atomic mass is 9.95. The van der Waals surface area contributed by atoms with Gasteiger partial charge in [-0.2, -0.15) is 0 Å². The Labute approximate surface area is 127 Å². The summed E-state index contributed by atoms with van der Waals surface area (Å²) in [5.41, 5.74) is 3.29. The lowest BCUT2D eigenvalue weighted by molar-refractivity contribution is 0.0991. The lowest BCUT2D eigenvalue weighted by Crippen LogP contribution is -2.24. The van der Waals surface area contributed by atoms with Crippen LogP contribution in [0.5, 0.6) is 0 Å². The summed E-state index contributed by atoms with van der Waals surface area (Å²) < 4.78 is 13.8. The number of hydrogen-bond donors (Lipinski definition) is 1. The highest BCUT2D eigenvalue weighted by molar-refractivity contribution is 6.31. The molecule has 0 aliphatic carbocycles. The van der Waals surface area contributed by atoms with E-state index in [0.717, 1.165) is 25.1 Å². The molecule has 0 amide bonds. The topological polar surface area (TPSA) is 29.1 Å². The van der Waals surface area contributed by atoms with Crippen LogP contribution < -0.4 is 5.32 Å². The average molecular weight is 304 g/mol. The molecule has 0 atom stereocenters. The van der Waals surface area contributed by atoms with Crippen molar-refractivity contribution in [2.24, 2.45) is 0 Å². The van der Waals surface area contributed by atoms with E-state index >= 15 is 0 Å². The maximum Gasteiger partial charge on any atom is 0.167 e. The maximum absolute atomic E-state index is 13.8. The van der Waals surface area contributed by atoms with Crippen LogP contribution >= 0.6 is 11.6 Å². The van der Waals surface area contributed by atoms with Crippen LogP contribution in [0.25, 0.3) is 0 Å². The van der Waals surface area contributed by atoms with Crippen LogP contribution in [0, 0.1) is 5.82 Å². The number of benzene rings is 2. The van der Waals surface area contributed by atoms with Crippen molar-refractivity contribution in [3.05, 3.63) is 69.5 Å². The number of carbonyl (C=O) groups is 1. The summed E-state index contributed by atoms with van der Waals surface area (Å²) >= 11 is 5.97. The molecule has 0 saturated carbocycles. The monoisotopic (exact) mass is 303 g/mol. The fourth-order valence-corrected chi connectivity index (χ4v) is 2.85. The van der Waals surface area contributed by atoms with Crippen LogP contribution in [-0.4, -0.2) is 12.3 Å². The molecule has 0 radical (unpaired) electrons. The SMILES string of the molecule is O=C(Cc1c(F)cccc1Cl)c1ccc2c(c1)CNCC2. The van der Waals surface area contributed by atoms with Crippen molar-refractivity contribution in [2.75, 3.05) is 6.54 Å². The second-order valence-electron chi connectivity index (χ2n) is 5.21. The van der Waals surface area contributed by atoms with E-state index in [1.54, 1.807) is 6.07 Å². The van der Waals surface area contributed by atoms with Gasteiger partial charge in [0.15, 0.2) is 5.78 Å². The minimum absolute atomic E-state index is 0.0161. The summed E-state index contributed by atoms with van der Waals surface area (Å²) in [5, 5.41) is 3.58. The minimum Gasteiger partial charge on any atom is -0.312 e. The van der Waals surface area contributed by atoms with Gasteiger partial charge in [0.05, 0.1) is 0 Å². The number of rotatable bonds is 3. The first-order valence-electron chi connectivity index (χ1n) is 6.94. The van der Waals surface area contributed by atoms with Crippen molar-refractivity contribution in [3.8, 4) is 0 Å². The van der Waals surface area contributed by atoms with Gasteiger partial charge in [-0.15, -0.1) is 0 Å². The minimum atomic E-state index is -0.435. The summed E-state index contributed by atoms with van der Waals surface area (Å²) in [4.78, 5) is 12.4. The van der Waals surface area contributed by atoms with E-state index in [0.29, 0.717) is 10.6 Å². The second kappa shape index (κ2) is 5.96. The zero-order chi connectivity index (χ0) is 14.8. The van der Waals surface area contributed by atoms with E-state index in [4.69, 9.17) is 11.6 Å². The third-order valence-corrected chi connectivity index (χ3v) is 4.17. The molecule has 2 aromatic rings. The first-order valence-corrected chi connectivity index (χ1v) is 7.31. The van der Waals surface area contributed by atoms with Crippen LogP contribution in [-0.2, 0) is 19.4 Å². The van der Waals surface area contributed by atoms with Gasteiger partial charge in [0.25, 0.3) is 0 Å². The number of nitrogens with one attached hydrogen (secondary N) is 1. The molecular formula is C17H15ClFNO. The molecule has 0 fully saturated rings. The number of halogens is 2. The Morgan fingerprint density at radius 3 is 2.90 bits per heavy atom. The predicted molar refractivity (Wildman–Crippen MR) is 81.3 cm³/mol. The first-order chi connectivity index (χ1) is 10.1. The van der Waals surface area contributed by atoms with E-state index in [1.807, 2.05) is 18.2 Å². The average Bonchev–Trinajstić information content (AvgIpc) is 2.50.